The molecule has 7 heteroatoms. The highest BCUT2D eigenvalue weighted by Crippen LogP contribution is 2.22. The monoisotopic (exact) mass is 299 g/mol. The summed E-state index contributed by atoms with van der Waals surface area (Å²) in [4.78, 5) is 44.8. The second kappa shape index (κ2) is 5.44. The molecule has 7 nitrogen and oxygen atoms in total. The van der Waals surface area contributed by atoms with Gasteiger partial charge in [-0.05, 0) is 18.6 Å². The van der Waals surface area contributed by atoms with Gasteiger partial charge in [0.25, 0.3) is 11.8 Å². The van der Waals surface area contributed by atoms with E-state index >= 15 is 0 Å². The summed E-state index contributed by atoms with van der Waals surface area (Å²) in [6.45, 7) is 0. The number of aromatic nitrogens is 2. The molecule has 0 spiro atoms. The molecule has 2 aromatic rings. The lowest BCUT2D eigenvalue weighted by molar-refractivity contribution is -0.168. The van der Waals surface area contributed by atoms with E-state index in [0.29, 0.717) is 11.5 Å². The van der Waals surface area contributed by atoms with Gasteiger partial charge in [0.05, 0.1) is 23.9 Å². The van der Waals surface area contributed by atoms with Crippen molar-refractivity contribution in [2.45, 2.75) is 12.8 Å². The summed E-state index contributed by atoms with van der Waals surface area (Å²) < 4.78 is 1.79. The minimum absolute atomic E-state index is 0.0486. The van der Waals surface area contributed by atoms with Crippen LogP contribution in [-0.4, -0.2) is 32.4 Å². The Morgan fingerprint density at radius 3 is 2.36 bits per heavy atom. The van der Waals surface area contributed by atoms with Crippen LogP contribution in [0.25, 0.3) is 0 Å². The van der Waals surface area contributed by atoms with Crippen LogP contribution in [0.1, 0.15) is 32.8 Å². The van der Waals surface area contributed by atoms with Gasteiger partial charge in [-0.15, -0.1) is 0 Å². The van der Waals surface area contributed by atoms with Gasteiger partial charge in [-0.1, -0.05) is 17.2 Å². The van der Waals surface area contributed by atoms with Crippen LogP contribution in [0, 0.1) is 0 Å². The van der Waals surface area contributed by atoms with Crippen LogP contribution in [0.15, 0.2) is 36.8 Å². The Kier molecular flexibility index (Phi) is 3.46. The van der Waals surface area contributed by atoms with Gasteiger partial charge < -0.3 is 9.40 Å². The molecule has 0 radical (unpaired) electrons. The number of benzene rings is 1. The SMILES string of the molecule is Cn1cncc1CCC(=O)ON1C(=O)c2ccccc2C1=O. The van der Waals surface area contributed by atoms with Gasteiger partial charge in [0, 0.05) is 18.9 Å². The molecule has 0 aliphatic carbocycles. The molecular formula is C15H13N3O4. The molecule has 22 heavy (non-hydrogen) atoms. The van der Waals surface area contributed by atoms with Crippen molar-refractivity contribution in [3.8, 4) is 0 Å². The molecule has 2 amide bonds. The van der Waals surface area contributed by atoms with Crippen molar-refractivity contribution in [1.82, 2.24) is 14.6 Å². The molecule has 0 fully saturated rings. The molecule has 0 bridgehead atoms. The maximum absolute atomic E-state index is 12.0. The molecule has 0 N–H and O–H groups in total. The number of carbonyl (C=O) groups is 3. The van der Waals surface area contributed by atoms with Crippen LogP contribution in [0.4, 0.5) is 0 Å². The van der Waals surface area contributed by atoms with E-state index in [2.05, 4.69) is 4.98 Å². The Labute approximate surface area is 126 Å². The summed E-state index contributed by atoms with van der Waals surface area (Å²) in [5.74, 6) is -1.88. The van der Waals surface area contributed by atoms with E-state index < -0.39 is 17.8 Å². The normalized spacial score (nSPS) is 13.4. The number of hydrogen-bond acceptors (Lipinski definition) is 5. The zero-order valence-electron chi connectivity index (χ0n) is 11.9. The molecule has 0 saturated carbocycles. The maximum atomic E-state index is 12.0. The molecule has 0 unspecified atom stereocenters. The standard InChI is InChI=1S/C15H13N3O4/c1-17-9-16-8-10(17)6-7-13(19)22-18-14(20)11-4-2-3-5-12(11)15(18)21/h2-5,8-9H,6-7H2,1H3. The molecule has 1 aromatic heterocycles. The highest BCUT2D eigenvalue weighted by molar-refractivity contribution is 6.20. The number of rotatable bonds is 4. The topological polar surface area (TPSA) is 81.5 Å². The van der Waals surface area contributed by atoms with E-state index in [0.717, 1.165) is 5.69 Å². The van der Waals surface area contributed by atoms with Crippen LogP contribution in [0.5, 0.6) is 0 Å². The number of carbonyl (C=O) groups excluding carboxylic acids is 3. The molecule has 1 aliphatic heterocycles. The Morgan fingerprint density at radius 2 is 1.82 bits per heavy atom. The zero-order chi connectivity index (χ0) is 15.7. The predicted octanol–water partition coefficient (Wildman–Crippen LogP) is 1.11. The van der Waals surface area contributed by atoms with Gasteiger partial charge in [0.1, 0.15) is 0 Å². The quantitative estimate of drug-likeness (QED) is 0.790. The Bertz CT molecular complexity index is 731. The van der Waals surface area contributed by atoms with E-state index in [-0.39, 0.29) is 17.5 Å². The molecule has 0 saturated heterocycles. The highest BCUT2D eigenvalue weighted by Gasteiger charge is 2.38. The van der Waals surface area contributed by atoms with E-state index in [1.807, 2.05) is 7.05 Å². The summed E-state index contributed by atoms with van der Waals surface area (Å²) in [6, 6.07) is 6.35. The number of aryl methyl sites for hydroxylation is 2. The van der Waals surface area contributed by atoms with Crippen LogP contribution in [-0.2, 0) is 23.1 Å². The van der Waals surface area contributed by atoms with Gasteiger partial charge in [-0.25, -0.2) is 9.78 Å². The zero-order valence-corrected chi connectivity index (χ0v) is 11.9. The first-order chi connectivity index (χ1) is 10.6. The lowest BCUT2D eigenvalue weighted by Gasteiger charge is -2.12. The average Bonchev–Trinajstić information content (AvgIpc) is 3.03. The molecule has 1 aromatic carbocycles. The number of nitrogens with zero attached hydrogens (tertiary/aromatic N) is 3. The molecule has 112 valence electrons. The molecule has 2 heterocycles. The average molecular weight is 299 g/mol. The highest BCUT2D eigenvalue weighted by atomic mass is 16.7. The summed E-state index contributed by atoms with van der Waals surface area (Å²) in [5, 5.41) is 0.524. The second-order valence-electron chi connectivity index (χ2n) is 4.91. The maximum Gasteiger partial charge on any atom is 0.333 e. The first-order valence-corrected chi connectivity index (χ1v) is 6.71. The van der Waals surface area contributed by atoms with E-state index in [4.69, 9.17) is 4.84 Å². The van der Waals surface area contributed by atoms with Crippen molar-refractivity contribution in [3.63, 3.8) is 0 Å². The third-order valence-corrected chi connectivity index (χ3v) is 3.45. The van der Waals surface area contributed by atoms with E-state index in [1.54, 1.807) is 29.2 Å². The summed E-state index contributed by atoms with van der Waals surface area (Å²) in [5.41, 5.74) is 1.35. The van der Waals surface area contributed by atoms with Crippen molar-refractivity contribution in [2.24, 2.45) is 7.05 Å². The molecular weight excluding hydrogens is 286 g/mol. The van der Waals surface area contributed by atoms with Crippen molar-refractivity contribution < 1.29 is 19.2 Å². The Morgan fingerprint density at radius 1 is 1.18 bits per heavy atom. The van der Waals surface area contributed by atoms with Crippen LogP contribution >= 0.6 is 0 Å². The number of hydrogen-bond donors (Lipinski definition) is 0. The number of imide groups is 1. The van der Waals surface area contributed by atoms with E-state index in [1.165, 1.54) is 12.1 Å². The first kappa shape index (κ1) is 14.0. The van der Waals surface area contributed by atoms with Gasteiger partial charge in [0.15, 0.2) is 0 Å². The smallest absolute Gasteiger partial charge is 0.333 e. The van der Waals surface area contributed by atoms with Crippen molar-refractivity contribution in [2.75, 3.05) is 0 Å². The first-order valence-electron chi connectivity index (χ1n) is 6.71. The lowest BCUT2D eigenvalue weighted by atomic mass is 10.1. The van der Waals surface area contributed by atoms with Gasteiger partial charge in [0.2, 0.25) is 0 Å². The molecule has 1 aliphatic rings. The summed E-state index contributed by atoms with van der Waals surface area (Å²) >= 11 is 0. The number of amides is 2. The van der Waals surface area contributed by atoms with Gasteiger partial charge in [-0.3, -0.25) is 9.59 Å². The fourth-order valence-corrected chi connectivity index (χ4v) is 2.25. The molecule has 0 atom stereocenters. The summed E-state index contributed by atoms with van der Waals surface area (Å²) in [6.07, 6.45) is 3.74. The predicted molar refractivity (Wildman–Crippen MR) is 74.6 cm³/mol. The summed E-state index contributed by atoms with van der Waals surface area (Å²) in [7, 11) is 1.82. The van der Waals surface area contributed by atoms with Gasteiger partial charge >= 0.3 is 5.97 Å². The van der Waals surface area contributed by atoms with Gasteiger partial charge in [-0.2, -0.15) is 0 Å². The van der Waals surface area contributed by atoms with E-state index in [9.17, 15) is 14.4 Å². The number of hydroxylamine groups is 2. The Hall–Kier alpha value is -2.96. The number of imidazole rings is 1. The van der Waals surface area contributed by atoms with Crippen LogP contribution in [0.3, 0.4) is 0 Å². The fraction of sp³-hybridized carbons (Fsp3) is 0.200. The largest absolute Gasteiger partial charge is 0.338 e. The van der Waals surface area contributed by atoms with Crippen LogP contribution < -0.4 is 0 Å². The van der Waals surface area contributed by atoms with Crippen molar-refractivity contribution in [1.29, 1.82) is 0 Å². The van der Waals surface area contributed by atoms with Crippen molar-refractivity contribution in [3.05, 3.63) is 53.6 Å². The lowest BCUT2D eigenvalue weighted by Crippen LogP contribution is -2.32. The second-order valence-corrected chi connectivity index (χ2v) is 4.91. The third-order valence-electron chi connectivity index (χ3n) is 3.45. The minimum Gasteiger partial charge on any atom is -0.338 e. The van der Waals surface area contributed by atoms with Crippen molar-refractivity contribution >= 4 is 17.8 Å². The third kappa shape index (κ3) is 2.37. The Balaban J connectivity index is 1.64. The fourth-order valence-electron chi connectivity index (χ4n) is 2.25. The number of fused-ring (bicyclic) bond motifs is 1. The molecule has 3 rings (SSSR count). The minimum atomic E-state index is -0.643. The van der Waals surface area contributed by atoms with Crippen LogP contribution in [0.2, 0.25) is 0 Å².